The van der Waals surface area contributed by atoms with Gasteiger partial charge in [0.15, 0.2) is 0 Å². The van der Waals surface area contributed by atoms with Gasteiger partial charge < -0.3 is 15.3 Å². The largest absolute Gasteiger partial charge is 0.326 e. The van der Waals surface area contributed by atoms with Gasteiger partial charge in [-0.25, -0.2) is 0 Å². The van der Waals surface area contributed by atoms with Gasteiger partial charge in [-0.05, 0) is 12.5 Å². The van der Waals surface area contributed by atoms with E-state index in [2.05, 4.69) is 31.2 Å². The van der Waals surface area contributed by atoms with Crippen molar-refractivity contribution in [2.75, 3.05) is 0 Å². The average Bonchev–Trinajstić information content (AvgIpc) is 2.38. The lowest BCUT2D eigenvalue weighted by molar-refractivity contribution is -0.0987. The summed E-state index contributed by atoms with van der Waals surface area (Å²) in [5.41, 5.74) is 7.88. The lowest BCUT2D eigenvalue weighted by Gasteiger charge is -1.94. The molecule has 0 fully saturated rings. The van der Waals surface area contributed by atoms with E-state index in [1.165, 1.54) is 11.1 Å². The summed E-state index contributed by atoms with van der Waals surface area (Å²) in [6.45, 7) is 10.7. The highest BCUT2D eigenvalue weighted by Crippen LogP contribution is 2.00. The molecule has 0 radical (unpaired) electrons. The van der Waals surface area contributed by atoms with Crippen LogP contribution < -0.4 is 5.73 Å². The SMILES string of the molecule is C=O.C=O.CC.Cc1ccc(CN)cc1. The maximum absolute atomic E-state index is 8.00. The van der Waals surface area contributed by atoms with Crippen LogP contribution in [-0.4, -0.2) is 13.6 Å². The van der Waals surface area contributed by atoms with Crippen LogP contribution in [0.15, 0.2) is 24.3 Å². The molecule has 0 amide bonds. The normalized spacial score (nSPS) is 6.67. The van der Waals surface area contributed by atoms with Crippen molar-refractivity contribution >= 4 is 13.6 Å². The first-order valence-electron chi connectivity index (χ1n) is 4.66. The van der Waals surface area contributed by atoms with Crippen LogP contribution in [0.25, 0.3) is 0 Å². The fourth-order valence-corrected chi connectivity index (χ4v) is 0.724. The van der Waals surface area contributed by atoms with Crippen LogP contribution in [0.1, 0.15) is 25.0 Å². The molecule has 0 unspecified atom stereocenters. The number of hydrogen-bond donors (Lipinski definition) is 1. The van der Waals surface area contributed by atoms with Crippen molar-refractivity contribution in [1.82, 2.24) is 0 Å². The van der Waals surface area contributed by atoms with Crippen molar-refractivity contribution < 1.29 is 9.59 Å². The van der Waals surface area contributed by atoms with Gasteiger partial charge >= 0.3 is 0 Å². The molecule has 0 spiro atoms. The van der Waals surface area contributed by atoms with Crippen molar-refractivity contribution in [3.8, 4) is 0 Å². The number of carbonyl (C=O) groups is 2. The topological polar surface area (TPSA) is 60.2 Å². The quantitative estimate of drug-likeness (QED) is 0.774. The minimum Gasteiger partial charge on any atom is -0.326 e. The molecule has 0 aliphatic rings. The third-order valence-corrected chi connectivity index (χ3v) is 1.36. The minimum atomic E-state index is 0.639. The van der Waals surface area contributed by atoms with Crippen LogP contribution in [-0.2, 0) is 16.1 Å². The van der Waals surface area contributed by atoms with E-state index in [4.69, 9.17) is 15.3 Å². The number of benzene rings is 1. The number of rotatable bonds is 1. The Balaban J connectivity index is -0.000000208. The number of aryl methyl sites for hydroxylation is 1. The van der Waals surface area contributed by atoms with Crippen molar-refractivity contribution in [1.29, 1.82) is 0 Å². The highest BCUT2D eigenvalue weighted by atomic mass is 16.1. The Morgan fingerprint density at radius 1 is 1.00 bits per heavy atom. The maximum atomic E-state index is 8.00. The summed E-state index contributed by atoms with van der Waals surface area (Å²) in [5, 5.41) is 0. The van der Waals surface area contributed by atoms with E-state index >= 15 is 0 Å². The molecule has 0 saturated heterocycles. The predicted octanol–water partition coefficient (Wildman–Crippen LogP) is 2.11. The summed E-state index contributed by atoms with van der Waals surface area (Å²) in [7, 11) is 0. The summed E-state index contributed by atoms with van der Waals surface area (Å²) in [4.78, 5) is 16.0. The molecular weight excluding hydrogens is 190 g/mol. The molecule has 0 aliphatic carbocycles. The average molecular weight is 211 g/mol. The van der Waals surface area contributed by atoms with E-state index in [0.29, 0.717) is 6.54 Å². The molecule has 0 saturated carbocycles. The summed E-state index contributed by atoms with van der Waals surface area (Å²) in [6, 6.07) is 8.25. The van der Waals surface area contributed by atoms with Gasteiger partial charge in [0.2, 0.25) is 0 Å². The van der Waals surface area contributed by atoms with Crippen LogP contribution in [0, 0.1) is 6.92 Å². The summed E-state index contributed by atoms with van der Waals surface area (Å²) in [6.07, 6.45) is 0. The lowest BCUT2D eigenvalue weighted by Crippen LogP contribution is -1.94. The molecule has 2 N–H and O–H groups in total. The molecule has 1 rings (SSSR count). The van der Waals surface area contributed by atoms with Crippen molar-refractivity contribution in [3.63, 3.8) is 0 Å². The second kappa shape index (κ2) is 18.3. The van der Waals surface area contributed by atoms with Gasteiger partial charge in [0, 0.05) is 6.54 Å². The Kier molecular flexibility index (Phi) is 23.4. The first-order valence-corrected chi connectivity index (χ1v) is 4.66. The third kappa shape index (κ3) is 12.5. The Bertz CT molecular complexity index is 207. The molecular formula is C12H21NO2. The van der Waals surface area contributed by atoms with Crippen LogP contribution in [0.2, 0.25) is 0 Å². The second-order valence-electron chi connectivity index (χ2n) is 2.19. The van der Waals surface area contributed by atoms with E-state index in [0.717, 1.165) is 0 Å². The zero-order valence-corrected chi connectivity index (χ0v) is 9.82. The Morgan fingerprint density at radius 2 is 1.33 bits per heavy atom. The standard InChI is InChI=1S/C8H11N.C2H6.2CH2O/c1-7-2-4-8(6-9)5-3-7;3*1-2/h2-5H,6,9H2,1H3;1-2H3;2*1H2. The minimum absolute atomic E-state index is 0.639. The second-order valence-corrected chi connectivity index (χ2v) is 2.19. The van der Waals surface area contributed by atoms with Gasteiger partial charge in [0.25, 0.3) is 0 Å². The van der Waals surface area contributed by atoms with Crippen molar-refractivity contribution in [2.24, 2.45) is 5.73 Å². The molecule has 0 aromatic heterocycles. The molecule has 1 aromatic rings. The highest BCUT2D eigenvalue weighted by Gasteiger charge is 1.84. The first-order chi connectivity index (χ1) is 7.33. The number of nitrogens with two attached hydrogens (primary N) is 1. The van der Waals surface area contributed by atoms with Crippen LogP contribution in [0.4, 0.5) is 0 Å². The van der Waals surface area contributed by atoms with Crippen LogP contribution >= 0.6 is 0 Å². The molecule has 1 aromatic carbocycles. The Morgan fingerprint density at radius 3 is 1.60 bits per heavy atom. The summed E-state index contributed by atoms with van der Waals surface area (Å²) < 4.78 is 0. The third-order valence-electron chi connectivity index (χ3n) is 1.36. The molecule has 3 nitrogen and oxygen atoms in total. The van der Waals surface area contributed by atoms with Crippen LogP contribution in [0.5, 0.6) is 0 Å². The smallest absolute Gasteiger partial charge is 0.106 e. The van der Waals surface area contributed by atoms with Gasteiger partial charge in [0.05, 0.1) is 0 Å². The zero-order valence-electron chi connectivity index (χ0n) is 9.82. The number of hydrogen-bond acceptors (Lipinski definition) is 3. The van der Waals surface area contributed by atoms with E-state index in [-0.39, 0.29) is 0 Å². The van der Waals surface area contributed by atoms with Gasteiger partial charge in [-0.2, -0.15) is 0 Å². The van der Waals surface area contributed by atoms with Gasteiger partial charge in [0.1, 0.15) is 13.6 Å². The molecule has 86 valence electrons. The van der Waals surface area contributed by atoms with E-state index < -0.39 is 0 Å². The predicted molar refractivity (Wildman–Crippen MR) is 64.7 cm³/mol. The monoisotopic (exact) mass is 211 g/mol. The van der Waals surface area contributed by atoms with Gasteiger partial charge in [-0.3, -0.25) is 0 Å². The number of carbonyl (C=O) groups excluding carboxylic acids is 2. The summed E-state index contributed by atoms with van der Waals surface area (Å²) >= 11 is 0. The van der Waals surface area contributed by atoms with Crippen LogP contribution in [0.3, 0.4) is 0 Å². The molecule has 0 bridgehead atoms. The van der Waals surface area contributed by atoms with Gasteiger partial charge in [-0.1, -0.05) is 43.7 Å². The molecule has 3 heteroatoms. The van der Waals surface area contributed by atoms with Crippen molar-refractivity contribution in [3.05, 3.63) is 35.4 Å². The fourth-order valence-electron chi connectivity index (χ4n) is 0.724. The summed E-state index contributed by atoms with van der Waals surface area (Å²) in [5.74, 6) is 0. The van der Waals surface area contributed by atoms with E-state index in [1.54, 1.807) is 0 Å². The van der Waals surface area contributed by atoms with E-state index in [9.17, 15) is 0 Å². The molecule has 0 aliphatic heterocycles. The van der Waals surface area contributed by atoms with E-state index in [1.807, 2.05) is 27.4 Å². The highest BCUT2D eigenvalue weighted by molar-refractivity contribution is 5.20. The Labute approximate surface area is 92.3 Å². The lowest BCUT2D eigenvalue weighted by atomic mass is 10.2. The molecule has 15 heavy (non-hydrogen) atoms. The Hall–Kier alpha value is -1.48. The van der Waals surface area contributed by atoms with Crippen molar-refractivity contribution in [2.45, 2.75) is 27.3 Å². The maximum Gasteiger partial charge on any atom is 0.106 e. The molecule has 0 atom stereocenters. The fraction of sp³-hybridized carbons (Fsp3) is 0.333. The van der Waals surface area contributed by atoms with Gasteiger partial charge in [-0.15, -0.1) is 0 Å². The molecule has 0 heterocycles. The first kappa shape index (κ1) is 19.1. The zero-order chi connectivity index (χ0) is 12.7.